The zero-order chi connectivity index (χ0) is 24.7. The minimum Gasteiger partial charge on any atom is -0.211 e. The van der Waals surface area contributed by atoms with Crippen molar-refractivity contribution in [1.29, 1.82) is 0 Å². The number of carbonyl (C=O) groups excluding carboxylic acids is 4. The first kappa shape index (κ1) is 28.0. The summed E-state index contributed by atoms with van der Waals surface area (Å²) >= 11 is 0. The number of hydrogen-bond acceptors (Lipinski definition) is 8. The second kappa shape index (κ2) is 19.6. The lowest BCUT2D eigenvalue weighted by Gasteiger charge is -2.07. The van der Waals surface area contributed by atoms with Gasteiger partial charge in [-0.2, -0.15) is 0 Å². The van der Waals surface area contributed by atoms with Crippen molar-refractivity contribution in [3.8, 4) is 0 Å². The number of benzene rings is 2. The van der Waals surface area contributed by atoms with Crippen LogP contribution in [0.2, 0.25) is 0 Å². The minimum absolute atomic E-state index is 0.442. The molecule has 0 radical (unpaired) electrons. The van der Waals surface area contributed by atoms with E-state index in [1.165, 1.54) is 23.3 Å². The summed E-state index contributed by atoms with van der Waals surface area (Å²) in [7, 11) is 0. The summed E-state index contributed by atoms with van der Waals surface area (Å²) in [5, 5.41) is 0. The predicted molar refractivity (Wildman–Crippen MR) is 129 cm³/mol. The molecule has 2 aromatic rings. The third-order valence-corrected chi connectivity index (χ3v) is 4.91. The first-order valence-electron chi connectivity index (χ1n) is 11.0. The standard InChI is InChI=1S/C14H16N2O2.C12H12N2O2/c17-11-15-9-3-7-13-5-1-2-6-14(13)8-4-10-16-12-18;15-9-13-7-5-11-3-1-2-4-12(11)6-8-14-10-16/h1-2,5-6H,3-4,7-10H2;1-4H,5-8H2. The molecular formula is C26H28N4O4. The van der Waals surface area contributed by atoms with Gasteiger partial charge in [-0.25, -0.2) is 39.1 Å². The molecule has 2 rings (SSSR count). The highest BCUT2D eigenvalue weighted by atomic mass is 16.1. The van der Waals surface area contributed by atoms with Crippen molar-refractivity contribution in [2.24, 2.45) is 20.0 Å². The number of isocyanates is 4. The van der Waals surface area contributed by atoms with Gasteiger partial charge in [0.1, 0.15) is 0 Å². The maximum absolute atomic E-state index is 9.95. The van der Waals surface area contributed by atoms with E-state index in [1.54, 1.807) is 12.2 Å². The normalized spacial score (nSPS) is 9.18. The molecule has 0 saturated heterocycles. The molecule has 0 fully saturated rings. The summed E-state index contributed by atoms with van der Waals surface area (Å²) in [6.45, 7) is 1.93. The first-order chi connectivity index (χ1) is 16.8. The highest BCUT2D eigenvalue weighted by Gasteiger charge is 2.02. The fourth-order valence-corrected chi connectivity index (χ4v) is 3.32. The summed E-state index contributed by atoms with van der Waals surface area (Å²) in [6.07, 6.45) is 11.0. The van der Waals surface area contributed by atoms with Gasteiger partial charge >= 0.3 is 0 Å². The van der Waals surface area contributed by atoms with E-state index in [2.05, 4.69) is 32.1 Å². The molecule has 0 spiro atoms. The highest BCUT2D eigenvalue weighted by molar-refractivity contribution is 5.35. The predicted octanol–water partition coefficient (Wildman–Crippen LogP) is 3.67. The molecule has 8 heteroatoms. The van der Waals surface area contributed by atoms with Crippen molar-refractivity contribution in [2.75, 3.05) is 26.2 Å². The lowest BCUT2D eigenvalue weighted by molar-refractivity contribution is 0.561. The van der Waals surface area contributed by atoms with Crippen LogP contribution in [0.4, 0.5) is 0 Å². The average Bonchev–Trinajstić information content (AvgIpc) is 2.87. The lowest BCUT2D eigenvalue weighted by atomic mass is 9.99. The number of rotatable bonds is 14. The van der Waals surface area contributed by atoms with Gasteiger partial charge in [0.2, 0.25) is 24.3 Å². The van der Waals surface area contributed by atoms with Crippen LogP contribution in [-0.4, -0.2) is 50.5 Å². The molecule has 8 nitrogen and oxygen atoms in total. The summed E-state index contributed by atoms with van der Waals surface area (Å²) in [4.78, 5) is 53.9. The molecule has 176 valence electrons. The van der Waals surface area contributed by atoms with Crippen LogP contribution in [-0.2, 0) is 44.9 Å². The maximum atomic E-state index is 9.95. The molecule has 34 heavy (non-hydrogen) atoms. The Labute approximate surface area is 199 Å². The Hall–Kier alpha value is -4.04. The van der Waals surface area contributed by atoms with E-state index in [0.717, 1.165) is 36.8 Å². The Kier molecular flexibility index (Phi) is 16.2. The summed E-state index contributed by atoms with van der Waals surface area (Å²) in [6, 6.07) is 16.0. The summed E-state index contributed by atoms with van der Waals surface area (Å²) in [5.41, 5.74) is 4.80. The van der Waals surface area contributed by atoms with Crippen LogP contribution in [0.25, 0.3) is 0 Å². The minimum atomic E-state index is 0.442. The van der Waals surface area contributed by atoms with Crippen molar-refractivity contribution >= 4 is 24.3 Å². The Morgan fingerprint density at radius 2 is 0.735 bits per heavy atom. The van der Waals surface area contributed by atoms with Crippen LogP contribution in [0.3, 0.4) is 0 Å². The quantitative estimate of drug-likeness (QED) is 0.243. The van der Waals surface area contributed by atoms with Crippen molar-refractivity contribution in [2.45, 2.75) is 38.5 Å². The van der Waals surface area contributed by atoms with Crippen molar-refractivity contribution < 1.29 is 19.2 Å². The Balaban J connectivity index is 0.000000342. The van der Waals surface area contributed by atoms with Gasteiger partial charge in [-0.15, -0.1) is 0 Å². The van der Waals surface area contributed by atoms with Gasteiger partial charge < -0.3 is 0 Å². The highest BCUT2D eigenvalue weighted by Crippen LogP contribution is 2.13. The van der Waals surface area contributed by atoms with E-state index in [9.17, 15) is 19.2 Å². The molecule has 0 unspecified atom stereocenters. The van der Waals surface area contributed by atoms with Gasteiger partial charge in [-0.3, -0.25) is 0 Å². The smallest absolute Gasteiger partial charge is 0.211 e. The summed E-state index contributed by atoms with van der Waals surface area (Å²) < 4.78 is 0. The van der Waals surface area contributed by atoms with E-state index in [1.807, 2.05) is 36.4 Å². The second-order valence-electron chi connectivity index (χ2n) is 7.14. The molecule has 0 N–H and O–H groups in total. The number of nitrogens with zero attached hydrogens (tertiary/aromatic N) is 4. The van der Waals surface area contributed by atoms with Crippen molar-refractivity contribution in [3.63, 3.8) is 0 Å². The number of aryl methyl sites for hydroxylation is 2. The third kappa shape index (κ3) is 12.7. The van der Waals surface area contributed by atoms with Gasteiger partial charge in [0.05, 0.1) is 26.2 Å². The maximum Gasteiger partial charge on any atom is 0.234 e. The molecule has 0 heterocycles. The Morgan fingerprint density at radius 1 is 0.441 bits per heavy atom. The number of hydrogen-bond donors (Lipinski definition) is 0. The van der Waals surface area contributed by atoms with E-state index in [0.29, 0.717) is 39.0 Å². The van der Waals surface area contributed by atoms with Crippen molar-refractivity contribution in [3.05, 3.63) is 70.8 Å². The van der Waals surface area contributed by atoms with E-state index in [-0.39, 0.29) is 0 Å². The number of aliphatic imine (C=N–C) groups is 4. The molecule has 0 amide bonds. The topological polar surface area (TPSA) is 118 Å². The largest absolute Gasteiger partial charge is 0.234 e. The molecule has 0 aliphatic heterocycles. The van der Waals surface area contributed by atoms with E-state index < -0.39 is 0 Å². The van der Waals surface area contributed by atoms with Crippen LogP contribution >= 0.6 is 0 Å². The zero-order valence-corrected chi connectivity index (χ0v) is 19.1. The van der Waals surface area contributed by atoms with E-state index in [4.69, 9.17) is 0 Å². The van der Waals surface area contributed by atoms with Crippen LogP contribution in [0.15, 0.2) is 68.5 Å². The fourth-order valence-electron chi connectivity index (χ4n) is 3.32. The first-order valence-corrected chi connectivity index (χ1v) is 11.0. The zero-order valence-electron chi connectivity index (χ0n) is 19.1. The van der Waals surface area contributed by atoms with Gasteiger partial charge in [0.15, 0.2) is 0 Å². The van der Waals surface area contributed by atoms with Crippen molar-refractivity contribution in [1.82, 2.24) is 0 Å². The molecule has 0 bridgehead atoms. The summed E-state index contributed by atoms with van der Waals surface area (Å²) in [5.74, 6) is 0. The van der Waals surface area contributed by atoms with Crippen LogP contribution in [0.1, 0.15) is 35.1 Å². The molecule has 0 saturated carbocycles. The molecule has 2 aromatic carbocycles. The molecule has 0 aliphatic carbocycles. The fraction of sp³-hybridized carbons (Fsp3) is 0.385. The lowest BCUT2D eigenvalue weighted by Crippen LogP contribution is -1.98. The SMILES string of the molecule is O=C=NCCCc1ccccc1CCCN=C=O.O=C=NCCc1ccccc1CCN=C=O. The Morgan fingerprint density at radius 3 is 1.06 bits per heavy atom. The van der Waals surface area contributed by atoms with Crippen LogP contribution in [0.5, 0.6) is 0 Å². The molecule has 0 aromatic heterocycles. The Bertz CT molecular complexity index is 976. The average molecular weight is 461 g/mol. The van der Waals surface area contributed by atoms with Gasteiger partial charge in [0, 0.05) is 0 Å². The van der Waals surface area contributed by atoms with Gasteiger partial charge in [-0.05, 0) is 60.8 Å². The molecule has 0 aliphatic rings. The van der Waals surface area contributed by atoms with Crippen LogP contribution < -0.4 is 0 Å². The molecular weight excluding hydrogens is 432 g/mol. The monoisotopic (exact) mass is 460 g/mol. The van der Waals surface area contributed by atoms with Crippen LogP contribution in [0, 0.1) is 0 Å². The van der Waals surface area contributed by atoms with Gasteiger partial charge in [-0.1, -0.05) is 48.5 Å². The van der Waals surface area contributed by atoms with E-state index >= 15 is 0 Å². The third-order valence-electron chi connectivity index (χ3n) is 4.91. The second-order valence-corrected chi connectivity index (χ2v) is 7.14. The van der Waals surface area contributed by atoms with Gasteiger partial charge in [0.25, 0.3) is 0 Å². The molecule has 0 atom stereocenters.